The van der Waals surface area contributed by atoms with Crippen LogP contribution in [0.2, 0.25) is 10.0 Å². The molecule has 1 rings (SSSR count). The van der Waals surface area contributed by atoms with Crippen LogP contribution in [0, 0.1) is 0 Å². The van der Waals surface area contributed by atoms with E-state index in [4.69, 9.17) is 23.2 Å². The van der Waals surface area contributed by atoms with E-state index in [0.717, 1.165) is 0 Å². The van der Waals surface area contributed by atoms with Crippen molar-refractivity contribution >= 4 is 34.9 Å². The normalized spacial score (nSPS) is 12.4. The molecule has 0 aromatic heterocycles. The molecule has 1 N–H and O–H groups in total. The highest BCUT2D eigenvalue weighted by molar-refractivity contribution is 6.37. The molecule has 0 saturated carbocycles. The minimum absolute atomic E-state index is 0.300. The van der Waals surface area contributed by atoms with Crippen molar-refractivity contribution in [2.45, 2.75) is 6.92 Å². The van der Waals surface area contributed by atoms with Gasteiger partial charge in [-0.3, -0.25) is 4.79 Å². The molecule has 0 radical (unpaired) electrons. The van der Waals surface area contributed by atoms with Gasteiger partial charge in [0.2, 0.25) is 0 Å². The zero-order valence-electron chi connectivity index (χ0n) is 10.8. The molecule has 18 heavy (non-hydrogen) atoms. The molecule has 0 aliphatic carbocycles. The first-order valence-corrected chi connectivity index (χ1v) is 6.09. The quantitative estimate of drug-likeness (QED) is 0.387. The van der Waals surface area contributed by atoms with E-state index in [9.17, 15) is 4.79 Å². The molecule has 98 valence electrons. The number of hydrogen-bond donors (Lipinski definition) is 1. The van der Waals surface area contributed by atoms with Crippen LogP contribution < -0.4 is 5.32 Å². The Morgan fingerprint density at radius 3 is 2.39 bits per heavy atom. The van der Waals surface area contributed by atoms with Crippen LogP contribution in [0.25, 0.3) is 0 Å². The number of benzene rings is 1. The highest BCUT2D eigenvalue weighted by Crippen LogP contribution is 2.20. The van der Waals surface area contributed by atoms with Crippen LogP contribution in [0.15, 0.2) is 23.3 Å². The molecule has 1 aromatic carbocycles. The Bertz CT molecular complexity index is 493. The number of halogens is 2. The van der Waals surface area contributed by atoms with Gasteiger partial charge in [-0.1, -0.05) is 28.3 Å². The second-order valence-corrected chi connectivity index (χ2v) is 5.55. The minimum atomic E-state index is -0.300. The Balaban J connectivity index is 2.87. The number of nitrogens with zero attached hydrogens (tertiary/aromatic N) is 2. The second kappa shape index (κ2) is 5.69. The Labute approximate surface area is 117 Å². The van der Waals surface area contributed by atoms with Gasteiger partial charge < -0.3 is 5.32 Å². The predicted molar refractivity (Wildman–Crippen MR) is 75.1 cm³/mol. The van der Waals surface area contributed by atoms with Gasteiger partial charge in [0.05, 0.1) is 31.7 Å². The van der Waals surface area contributed by atoms with Gasteiger partial charge in [-0.05, 0) is 25.1 Å². The summed E-state index contributed by atoms with van der Waals surface area (Å²) in [4.78, 5) is 11.9. The van der Waals surface area contributed by atoms with Crippen LogP contribution in [-0.2, 0) is 0 Å². The smallest absolute Gasteiger partial charge is 0.258 e. The van der Waals surface area contributed by atoms with Crippen molar-refractivity contribution in [2.75, 3.05) is 21.1 Å². The third-order valence-corrected chi connectivity index (χ3v) is 2.47. The summed E-state index contributed by atoms with van der Waals surface area (Å²) < 4.78 is 0.375. The van der Waals surface area contributed by atoms with E-state index in [0.29, 0.717) is 26.0 Å². The van der Waals surface area contributed by atoms with E-state index in [1.807, 2.05) is 21.1 Å². The van der Waals surface area contributed by atoms with Gasteiger partial charge in [-0.15, -0.1) is 0 Å². The highest BCUT2D eigenvalue weighted by atomic mass is 35.5. The Hall–Kier alpha value is -1.10. The topological polar surface area (TPSA) is 41.5 Å². The number of rotatable bonds is 2. The van der Waals surface area contributed by atoms with Gasteiger partial charge >= 0.3 is 0 Å². The predicted octanol–water partition coefficient (Wildman–Crippen LogP) is 2.76. The molecule has 0 heterocycles. The fourth-order valence-electron chi connectivity index (χ4n) is 1.38. The van der Waals surface area contributed by atoms with E-state index >= 15 is 0 Å². The molecule has 0 aliphatic heterocycles. The summed E-state index contributed by atoms with van der Waals surface area (Å²) in [6, 6.07) is 4.73. The fourth-order valence-corrected chi connectivity index (χ4v) is 1.87. The molecule has 0 fully saturated rings. The molecule has 0 bridgehead atoms. The van der Waals surface area contributed by atoms with Crippen molar-refractivity contribution in [2.24, 2.45) is 5.10 Å². The third kappa shape index (κ3) is 4.64. The maximum atomic E-state index is 11.9. The van der Waals surface area contributed by atoms with Crippen LogP contribution in [0.1, 0.15) is 17.3 Å². The molecule has 0 saturated heterocycles. The first kappa shape index (κ1) is 15.0. The lowest BCUT2D eigenvalue weighted by Crippen LogP contribution is -2.35. The standard InChI is InChI=1S/C12H15Cl2N3O/c1-8(16-17(2,3)4)15-12(18)10-6-5-9(13)7-11(10)14/h5-7H,1-4H3/p+1. The summed E-state index contributed by atoms with van der Waals surface area (Å²) in [6.07, 6.45) is 0. The van der Waals surface area contributed by atoms with Crippen molar-refractivity contribution in [3.05, 3.63) is 33.8 Å². The molecule has 0 unspecified atom stereocenters. The maximum absolute atomic E-state index is 11.9. The molecule has 0 aliphatic rings. The van der Waals surface area contributed by atoms with E-state index < -0.39 is 0 Å². The van der Waals surface area contributed by atoms with Gasteiger partial charge in [0.1, 0.15) is 0 Å². The van der Waals surface area contributed by atoms with Crippen molar-refractivity contribution < 1.29 is 9.39 Å². The first-order chi connectivity index (χ1) is 8.19. The molecule has 6 heteroatoms. The molecule has 0 spiro atoms. The van der Waals surface area contributed by atoms with Gasteiger partial charge in [0, 0.05) is 5.02 Å². The number of hydrogen-bond acceptors (Lipinski definition) is 2. The third-order valence-electron chi connectivity index (χ3n) is 1.92. The number of carbonyl (C=O) groups is 1. The SMILES string of the molecule is C/C(=N\[N+](C)(C)C)NC(=O)c1ccc(Cl)cc1Cl. The zero-order chi connectivity index (χ0) is 13.9. The average Bonchev–Trinajstić information content (AvgIpc) is 2.13. The van der Waals surface area contributed by atoms with E-state index in [1.165, 1.54) is 6.07 Å². The van der Waals surface area contributed by atoms with Gasteiger partial charge in [-0.25, -0.2) is 4.59 Å². The molecule has 1 amide bonds. The van der Waals surface area contributed by atoms with Crippen molar-refractivity contribution in [3.63, 3.8) is 0 Å². The summed E-state index contributed by atoms with van der Waals surface area (Å²) in [5, 5.41) is 7.77. The maximum Gasteiger partial charge on any atom is 0.258 e. The number of carbonyl (C=O) groups excluding carboxylic acids is 1. The largest absolute Gasteiger partial charge is 0.306 e. The molecule has 4 nitrogen and oxygen atoms in total. The monoisotopic (exact) mass is 288 g/mol. The first-order valence-electron chi connectivity index (χ1n) is 5.34. The highest BCUT2D eigenvalue weighted by Gasteiger charge is 2.13. The van der Waals surface area contributed by atoms with E-state index in [1.54, 1.807) is 19.1 Å². The second-order valence-electron chi connectivity index (χ2n) is 4.71. The number of amidine groups is 1. The van der Waals surface area contributed by atoms with Gasteiger partial charge in [0.25, 0.3) is 5.91 Å². The summed E-state index contributed by atoms with van der Waals surface area (Å²) >= 11 is 11.7. The zero-order valence-corrected chi connectivity index (χ0v) is 12.3. The van der Waals surface area contributed by atoms with Crippen molar-refractivity contribution in [1.29, 1.82) is 0 Å². The van der Waals surface area contributed by atoms with Crippen LogP contribution in [0.4, 0.5) is 0 Å². The summed E-state index contributed by atoms with van der Waals surface area (Å²) in [6.45, 7) is 1.73. The van der Waals surface area contributed by atoms with Crippen molar-refractivity contribution in [3.8, 4) is 0 Å². The number of quaternary nitrogens is 1. The van der Waals surface area contributed by atoms with E-state index in [-0.39, 0.29) is 5.91 Å². The summed E-state index contributed by atoms with van der Waals surface area (Å²) in [5.74, 6) is 0.227. The van der Waals surface area contributed by atoms with Crippen LogP contribution in [0.3, 0.4) is 0 Å². The van der Waals surface area contributed by atoms with Gasteiger partial charge in [-0.2, -0.15) is 0 Å². The Morgan fingerprint density at radius 1 is 1.28 bits per heavy atom. The Kier molecular flexibility index (Phi) is 4.73. The lowest BCUT2D eigenvalue weighted by atomic mass is 10.2. The van der Waals surface area contributed by atoms with Crippen LogP contribution >= 0.6 is 23.2 Å². The average molecular weight is 289 g/mol. The number of amides is 1. The summed E-state index contributed by atoms with van der Waals surface area (Å²) in [7, 11) is 5.68. The molecular formula is C12H16Cl2N3O+. The minimum Gasteiger partial charge on any atom is -0.306 e. The fraction of sp³-hybridized carbons (Fsp3) is 0.333. The van der Waals surface area contributed by atoms with Gasteiger partial charge in [0.15, 0.2) is 5.84 Å². The lowest BCUT2D eigenvalue weighted by molar-refractivity contribution is -0.877. The molecular weight excluding hydrogens is 273 g/mol. The molecule has 0 atom stereocenters. The van der Waals surface area contributed by atoms with E-state index in [2.05, 4.69) is 10.4 Å². The lowest BCUT2D eigenvalue weighted by Gasteiger charge is -2.16. The van der Waals surface area contributed by atoms with Crippen LogP contribution in [-0.4, -0.2) is 37.5 Å². The van der Waals surface area contributed by atoms with Crippen LogP contribution in [0.5, 0.6) is 0 Å². The number of nitrogens with one attached hydrogen (secondary N) is 1. The van der Waals surface area contributed by atoms with Crippen molar-refractivity contribution in [1.82, 2.24) is 5.32 Å². The summed E-state index contributed by atoms with van der Waals surface area (Å²) in [5.41, 5.74) is 0.372. The Morgan fingerprint density at radius 2 is 1.89 bits per heavy atom. The molecule has 1 aromatic rings.